The Bertz CT molecular complexity index is 1410. The Morgan fingerprint density at radius 3 is 1.66 bits per heavy atom. The summed E-state index contributed by atoms with van der Waals surface area (Å²) in [5.41, 5.74) is 0. The van der Waals surface area contributed by atoms with Crippen molar-refractivity contribution in [3.8, 4) is 0 Å². The lowest BCUT2D eigenvalue weighted by molar-refractivity contribution is -0.305. The van der Waals surface area contributed by atoms with Crippen LogP contribution in [0.2, 0.25) is 0 Å². The third-order valence-electron chi connectivity index (χ3n) is 11.9. The summed E-state index contributed by atoms with van der Waals surface area (Å²) >= 11 is 0. The molecule has 1 aliphatic rings. The zero-order valence-corrected chi connectivity index (χ0v) is 42.0. The number of ether oxygens (including phenoxy) is 3. The topological polar surface area (TPSA) is 175 Å². The van der Waals surface area contributed by atoms with Crippen LogP contribution in [0.5, 0.6) is 0 Å². The summed E-state index contributed by atoms with van der Waals surface area (Å²) in [6.45, 7) is 5.53. The van der Waals surface area contributed by atoms with Crippen LogP contribution in [0.25, 0.3) is 0 Å². The number of unbranched alkanes of at least 4 members (excludes halogenated alkanes) is 20. The lowest BCUT2D eigenvalue weighted by atomic mass is 9.99. The van der Waals surface area contributed by atoms with E-state index in [0.717, 1.165) is 89.9 Å². The number of amides is 1. The van der Waals surface area contributed by atoms with E-state index in [0.29, 0.717) is 12.8 Å². The number of hydrogen-bond acceptors (Lipinski definition) is 10. The van der Waals surface area contributed by atoms with Crippen molar-refractivity contribution in [2.24, 2.45) is 0 Å². The van der Waals surface area contributed by atoms with Gasteiger partial charge in [-0.25, -0.2) is 0 Å². The molecule has 8 atom stereocenters. The number of hydrogen-bond donors (Lipinski definition) is 6. The van der Waals surface area contributed by atoms with Crippen molar-refractivity contribution in [3.05, 3.63) is 85.1 Å². The molecule has 0 radical (unpaired) electrons. The lowest BCUT2D eigenvalue weighted by Crippen LogP contribution is -2.61. The van der Waals surface area contributed by atoms with Gasteiger partial charge in [-0.1, -0.05) is 202 Å². The van der Waals surface area contributed by atoms with Gasteiger partial charge in [-0.2, -0.15) is 0 Å². The fourth-order valence-corrected chi connectivity index (χ4v) is 7.65. The number of carbonyl (C=O) groups excluding carboxylic acids is 2. The fourth-order valence-electron chi connectivity index (χ4n) is 7.65. The van der Waals surface area contributed by atoms with Crippen molar-refractivity contribution in [1.82, 2.24) is 5.32 Å². The van der Waals surface area contributed by atoms with Gasteiger partial charge in [0.15, 0.2) is 12.4 Å². The predicted octanol–water partition coefficient (Wildman–Crippen LogP) is 11.0. The lowest BCUT2D eigenvalue weighted by Gasteiger charge is -2.41. The Balaban J connectivity index is 2.81. The van der Waals surface area contributed by atoms with Crippen LogP contribution in [0, 0.1) is 0 Å². The second kappa shape index (κ2) is 44.1. The number of carbonyl (C=O) groups is 2. The monoisotopic (exact) mass is 942 g/mol. The Morgan fingerprint density at radius 1 is 0.597 bits per heavy atom. The van der Waals surface area contributed by atoms with Crippen molar-refractivity contribution in [2.45, 2.75) is 243 Å². The van der Waals surface area contributed by atoms with E-state index in [9.17, 15) is 35.1 Å². The highest BCUT2D eigenvalue weighted by atomic mass is 16.7. The van der Waals surface area contributed by atoms with E-state index < -0.39 is 67.4 Å². The molecule has 1 amide bonds. The molecule has 1 heterocycles. The van der Waals surface area contributed by atoms with Crippen molar-refractivity contribution in [1.29, 1.82) is 0 Å². The van der Waals surface area contributed by atoms with E-state index in [1.807, 2.05) is 48.6 Å². The quantitative estimate of drug-likeness (QED) is 0.0150. The molecular weight excluding hydrogens is 847 g/mol. The first-order valence-electron chi connectivity index (χ1n) is 26.4. The van der Waals surface area contributed by atoms with Crippen LogP contribution in [-0.2, 0) is 23.8 Å². The summed E-state index contributed by atoms with van der Waals surface area (Å²) in [6.07, 6.45) is 44.9. The molecule has 0 aliphatic carbocycles. The fraction of sp³-hybridized carbons (Fsp3) is 0.714. The van der Waals surface area contributed by atoms with E-state index in [4.69, 9.17) is 14.2 Å². The third kappa shape index (κ3) is 33.1. The standard InChI is InChI=1S/C56H95NO10/c1-4-7-10-13-16-19-22-24-25-26-29-32-35-38-41-44-51(61)67-54-53(63)52(62)50(45-58)66-56(54)65-46-47(48(59)42-39-36-33-30-27-21-18-15-12-9-6-3)57-55(64)49(60)43-40-37-34-31-28-23-20-17-14-11-8-5-2/h8,11,14,16-17,19-20,22-24,28,31,39,42,47-50,52-54,56,58-60,62-63H,4-7,9-10,12-13,15,18,21,25-27,29-30,32-38,40-41,43-46H2,1-3H3,(H,57,64)/b11-8+,17-14+,19-16+,23-20-,24-22+,31-28-,42-39+. The van der Waals surface area contributed by atoms with E-state index in [-0.39, 0.29) is 19.4 Å². The molecule has 0 bridgehead atoms. The molecule has 11 heteroatoms. The van der Waals surface area contributed by atoms with Gasteiger partial charge in [0.2, 0.25) is 5.91 Å². The van der Waals surface area contributed by atoms with Crippen molar-refractivity contribution in [3.63, 3.8) is 0 Å². The number of aliphatic hydroxyl groups is 5. The molecular formula is C56H95NO10. The van der Waals surface area contributed by atoms with Crippen molar-refractivity contribution < 1.29 is 49.3 Å². The largest absolute Gasteiger partial charge is 0.454 e. The first-order chi connectivity index (χ1) is 32.7. The molecule has 0 aromatic rings. The third-order valence-corrected chi connectivity index (χ3v) is 11.9. The van der Waals surface area contributed by atoms with Crippen LogP contribution in [0.4, 0.5) is 0 Å². The van der Waals surface area contributed by atoms with E-state index in [1.54, 1.807) is 6.08 Å². The average Bonchev–Trinajstić information content (AvgIpc) is 3.32. The van der Waals surface area contributed by atoms with E-state index in [1.165, 1.54) is 57.8 Å². The maximum Gasteiger partial charge on any atom is 0.306 e. The maximum atomic E-state index is 13.3. The molecule has 8 unspecified atom stereocenters. The minimum atomic E-state index is -1.63. The first-order valence-corrected chi connectivity index (χ1v) is 26.4. The zero-order valence-electron chi connectivity index (χ0n) is 42.0. The number of allylic oxidation sites excluding steroid dienone is 13. The Morgan fingerprint density at radius 2 is 1.07 bits per heavy atom. The van der Waals surface area contributed by atoms with Gasteiger partial charge in [-0.05, 0) is 70.6 Å². The van der Waals surface area contributed by atoms with Gasteiger partial charge in [0.25, 0.3) is 0 Å². The van der Waals surface area contributed by atoms with Gasteiger partial charge in [0.05, 0.1) is 25.4 Å². The molecule has 1 fully saturated rings. The summed E-state index contributed by atoms with van der Waals surface area (Å²) < 4.78 is 17.5. The minimum absolute atomic E-state index is 0.101. The number of nitrogens with one attached hydrogen (secondary N) is 1. The van der Waals surface area contributed by atoms with Crippen LogP contribution >= 0.6 is 0 Å². The molecule has 0 spiro atoms. The summed E-state index contributed by atoms with van der Waals surface area (Å²) in [5, 5.41) is 56.5. The first kappa shape index (κ1) is 61.9. The highest BCUT2D eigenvalue weighted by molar-refractivity contribution is 5.80. The average molecular weight is 942 g/mol. The smallest absolute Gasteiger partial charge is 0.306 e. The van der Waals surface area contributed by atoms with Gasteiger partial charge < -0.3 is 45.1 Å². The molecule has 1 saturated heterocycles. The number of rotatable bonds is 42. The second-order valence-corrected chi connectivity index (χ2v) is 18.0. The second-order valence-electron chi connectivity index (χ2n) is 18.0. The van der Waals surface area contributed by atoms with Crippen molar-refractivity contribution in [2.75, 3.05) is 13.2 Å². The van der Waals surface area contributed by atoms with Gasteiger partial charge in [-0.3, -0.25) is 9.59 Å². The molecule has 67 heavy (non-hydrogen) atoms. The molecule has 1 rings (SSSR count). The summed E-state index contributed by atoms with van der Waals surface area (Å²) in [5.74, 6) is -1.26. The minimum Gasteiger partial charge on any atom is -0.454 e. The molecule has 11 nitrogen and oxygen atoms in total. The zero-order chi connectivity index (χ0) is 49.0. The maximum absolute atomic E-state index is 13.3. The SMILES string of the molecule is CC/C=C/C=C/C=C\C=C/CCCCC(O)C(=O)NC(COC1OC(CO)C(O)C(O)C1OC(=O)CCCCCCCC/C=C/C=C/CCCCC)C(O)/C=C/CCCCCCCCCCC. The highest BCUT2D eigenvalue weighted by Gasteiger charge is 2.47. The van der Waals surface area contributed by atoms with Crippen LogP contribution in [0.15, 0.2) is 85.1 Å². The van der Waals surface area contributed by atoms with Crippen LogP contribution in [0.3, 0.4) is 0 Å². The summed E-state index contributed by atoms with van der Waals surface area (Å²) in [7, 11) is 0. The van der Waals surface area contributed by atoms with E-state index >= 15 is 0 Å². The Hall–Kier alpha value is -3.16. The summed E-state index contributed by atoms with van der Waals surface area (Å²) in [4.78, 5) is 26.3. The van der Waals surface area contributed by atoms with Crippen LogP contribution in [0.1, 0.15) is 194 Å². The molecule has 0 aromatic heterocycles. The van der Waals surface area contributed by atoms with E-state index in [2.05, 4.69) is 56.5 Å². The molecule has 0 aromatic carbocycles. The molecule has 0 saturated carbocycles. The van der Waals surface area contributed by atoms with Crippen LogP contribution < -0.4 is 5.32 Å². The van der Waals surface area contributed by atoms with Crippen molar-refractivity contribution >= 4 is 11.9 Å². The highest BCUT2D eigenvalue weighted by Crippen LogP contribution is 2.26. The molecule has 6 N–H and O–H groups in total. The number of aliphatic hydroxyl groups excluding tert-OH is 5. The van der Waals surface area contributed by atoms with Gasteiger partial charge in [0, 0.05) is 6.42 Å². The summed E-state index contributed by atoms with van der Waals surface area (Å²) in [6, 6.07) is -1.05. The molecule has 384 valence electrons. The van der Waals surface area contributed by atoms with Crippen LogP contribution in [-0.4, -0.2) is 99.6 Å². The normalized spacial score (nSPS) is 20.7. The van der Waals surface area contributed by atoms with Gasteiger partial charge >= 0.3 is 5.97 Å². The van der Waals surface area contributed by atoms with Gasteiger partial charge in [-0.15, -0.1) is 0 Å². The number of esters is 1. The predicted molar refractivity (Wildman–Crippen MR) is 273 cm³/mol. The Labute approximate surface area is 406 Å². The molecule has 1 aliphatic heterocycles. The van der Waals surface area contributed by atoms with Gasteiger partial charge in [0.1, 0.15) is 24.4 Å². The Kier molecular flexibility index (Phi) is 40.7.